The molecule has 0 radical (unpaired) electrons. The number of nitrogens with zero attached hydrogens (tertiary/aromatic N) is 2. The Bertz CT molecular complexity index is 743. The Kier molecular flexibility index (Phi) is 5.47. The number of nitro benzene ring substituents is 1. The maximum Gasteiger partial charge on any atom is 0.277 e. The van der Waals surface area contributed by atoms with Gasteiger partial charge in [-0.05, 0) is 41.1 Å². The van der Waals surface area contributed by atoms with E-state index in [1.165, 1.54) is 24.5 Å². The Balaban J connectivity index is 1.89. The van der Waals surface area contributed by atoms with Gasteiger partial charge in [0.25, 0.3) is 11.6 Å². The summed E-state index contributed by atoms with van der Waals surface area (Å²) in [6.07, 6.45) is 1.51. The van der Waals surface area contributed by atoms with Crippen LogP contribution < -0.4 is 10.2 Å². The number of rotatable bonds is 6. The van der Waals surface area contributed by atoms with Crippen molar-refractivity contribution in [3.05, 3.63) is 56.9 Å². The number of carbonyl (C=O) groups excluding carboxylic acids is 1. The van der Waals surface area contributed by atoms with Gasteiger partial charge in [-0.1, -0.05) is 0 Å². The number of benzene rings is 1. The fourth-order valence-electron chi connectivity index (χ4n) is 1.58. The van der Waals surface area contributed by atoms with E-state index in [0.717, 1.165) is 0 Å². The van der Waals surface area contributed by atoms with Crippen molar-refractivity contribution in [3.63, 3.8) is 0 Å². The second-order valence-corrected chi connectivity index (χ2v) is 5.22. The summed E-state index contributed by atoms with van der Waals surface area (Å²) in [5, 5.41) is 14.5. The zero-order valence-electron chi connectivity index (χ0n) is 12.0. The fourth-order valence-corrected chi connectivity index (χ4v) is 2.06. The Morgan fingerprint density at radius 1 is 1.48 bits per heavy atom. The monoisotopic (exact) mass is 381 g/mol. The largest absolute Gasteiger partial charge is 0.483 e. The third-order valence-corrected chi connectivity index (χ3v) is 3.33. The highest BCUT2D eigenvalue weighted by molar-refractivity contribution is 9.10. The van der Waals surface area contributed by atoms with Crippen LogP contribution in [0.1, 0.15) is 12.7 Å². The van der Waals surface area contributed by atoms with Gasteiger partial charge in [0.1, 0.15) is 17.2 Å². The maximum absolute atomic E-state index is 11.7. The van der Waals surface area contributed by atoms with Gasteiger partial charge in [-0.3, -0.25) is 14.9 Å². The Hall–Kier alpha value is -2.68. The molecule has 0 aliphatic rings. The van der Waals surface area contributed by atoms with Crippen molar-refractivity contribution >= 4 is 33.2 Å². The van der Waals surface area contributed by atoms with Crippen LogP contribution in [0.15, 0.2) is 50.6 Å². The van der Waals surface area contributed by atoms with Crippen LogP contribution in [0.5, 0.6) is 5.75 Å². The van der Waals surface area contributed by atoms with E-state index in [1.54, 1.807) is 19.1 Å². The van der Waals surface area contributed by atoms with Crippen molar-refractivity contribution in [2.75, 3.05) is 6.61 Å². The summed E-state index contributed by atoms with van der Waals surface area (Å²) in [7, 11) is 0. The third-order valence-electron chi connectivity index (χ3n) is 2.71. The first-order valence-electron chi connectivity index (χ1n) is 6.41. The topological polar surface area (TPSA) is 107 Å². The minimum Gasteiger partial charge on any atom is -0.483 e. The minimum atomic E-state index is -0.520. The Labute approximate surface area is 139 Å². The average molecular weight is 382 g/mol. The van der Waals surface area contributed by atoms with Crippen LogP contribution in [0.4, 0.5) is 5.69 Å². The second kappa shape index (κ2) is 7.54. The molecule has 8 nitrogen and oxygen atoms in total. The van der Waals surface area contributed by atoms with Gasteiger partial charge in [-0.2, -0.15) is 5.10 Å². The molecule has 2 rings (SSSR count). The molecular formula is C14H12BrN3O5. The van der Waals surface area contributed by atoms with Crippen molar-refractivity contribution in [3.8, 4) is 5.75 Å². The van der Waals surface area contributed by atoms with E-state index in [2.05, 4.69) is 26.5 Å². The molecule has 9 heteroatoms. The highest BCUT2D eigenvalue weighted by Gasteiger charge is 2.11. The number of amides is 1. The Morgan fingerprint density at radius 2 is 2.26 bits per heavy atom. The minimum absolute atomic E-state index is 0.0765. The number of hydrazone groups is 1. The number of ether oxygens (including phenoxy) is 1. The maximum atomic E-state index is 11.7. The predicted molar refractivity (Wildman–Crippen MR) is 85.4 cm³/mol. The van der Waals surface area contributed by atoms with Gasteiger partial charge >= 0.3 is 0 Å². The molecule has 2 aromatic rings. The Morgan fingerprint density at radius 3 is 2.87 bits per heavy atom. The van der Waals surface area contributed by atoms with Crippen molar-refractivity contribution in [1.29, 1.82) is 0 Å². The molecule has 1 N–H and O–H groups in total. The molecule has 23 heavy (non-hydrogen) atoms. The first kappa shape index (κ1) is 16.7. The molecule has 0 saturated heterocycles. The summed E-state index contributed by atoms with van der Waals surface area (Å²) in [6.45, 7) is 1.40. The van der Waals surface area contributed by atoms with Gasteiger partial charge in [0.2, 0.25) is 0 Å². The predicted octanol–water partition coefficient (Wildman–Crippen LogP) is 2.87. The molecule has 1 aromatic carbocycles. The van der Waals surface area contributed by atoms with Crippen LogP contribution in [0.25, 0.3) is 0 Å². The number of non-ortho nitro benzene ring substituents is 1. The lowest BCUT2D eigenvalue weighted by Crippen LogP contribution is -2.25. The summed E-state index contributed by atoms with van der Waals surface area (Å²) in [5.41, 5.74) is 2.77. The number of furan rings is 1. The second-order valence-electron chi connectivity index (χ2n) is 4.37. The zero-order chi connectivity index (χ0) is 16.8. The fraction of sp³-hybridized carbons (Fsp3) is 0.143. The van der Waals surface area contributed by atoms with E-state index in [9.17, 15) is 14.9 Å². The standard InChI is InChI=1S/C14H12BrN3O5/c1-9(12-3-2-6-22-12)16-17-14(19)8-23-13-5-4-10(18(20)21)7-11(13)15/h2-7H,8H2,1H3,(H,17,19). The normalized spacial score (nSPS) is 11.1. The smallest absolute Gasteiger partial charge is 0.277 e. The third kappa shape index (κ3) is 4.65. The number of nitro groups is 1. The summed E-state index contributed by atoms with van der Waals surface area (Å²) < 4.78 is 10.8. The molecule has 0 saturated carbocycles. The van der Waals surface area contributed by atoms with Crippen LogP contribution in [0.3, 0.4) is 0 Å². The quantitative estimate of drug-likeness (QED) is 0.470. The molecule has 1 aromatic heterocycles. The first-order chi connectivity index (χ1) is 11.0. The number of hydrogen-bond acceptors (Lipinski definition) is 6. The van der Waals surface area contributed by atoms with Crippen LogP contribution in [-0.4, -0.2) is 23.1 Å². The van der Waals surface area contributed by atoms with Crippen molar-refractivity contribution in [2.45, 2.75) is 6.92 Å². The van der Waals surface area contributed by atoms with Gasteiger partial charge in [0.05, 0.1) is 15.7 Å². The van der Waals surface area contributed by atoms with E-state index >= 15 is 0 Å². The number of hydrogen-bond donors (Lipinski definition) is 1. The van der Waals surface area contributed by atoms with Gasteiger partial charge in [0.15, 0.2) is 6.61 Å². The molecule has 0 spiro atoms. The van der Waals surface area contributed by atoms with E-state index in [-0.39, 0.29) is 12.3 Å². The van der Waals surface area contributed by atoms with Gasteiger partial charge < -0.3 is 9.15 Å². The first-order valence-corrected chi connectivity index (χ1v) is 7.20. The van der Waals surface area contributed by atoms with Gasteiger partial charge in [0, 0.05) is 12.1 Å². The molecule has 0 bridgehead atoms. The molecule has 0 aliphatic heterocycles. The van der Waals surface area contributed by atoms with E-state index in [0.29, 0.717) is 21.7 Å². The lowest BCUT2D eigenvalue weighted by molar-refractivity contribution is -0.384. The molecule has 1 heterocycles. The highest BCUT2D eigenvalue weighted by atomic mass is 79.9. The molecule has 0 atom stereocenters. The summed E-state index contributed by atoms with van der Waals surface area (Å²) in [5.74, 6) is 0.392. The number of halogens is 1. The molecule has 0 unspecified atom stereocenters. The lowest BCUT2D eigenvalue weighted by atomic mass is 10.3. The summed E-state index contributed by atoms with van der Waals surface area (Å²) in [4.78, 5) is 21.8. The van der Waals surface area contributed by atoms with E-state index in [4.69, 9.17) is 9.15 Å². The van der Waals surface area contributed by atoms with E-state index in [1.807, 2.05) is 0 Å². The SMILES string of the molecule is CC(=NNC(=O)COc1ccc([N+](=O)[O-])cc1Br)c1ccco1. The van der Waals surface area contributed by atoms with Crippen molar-refractivity contribution < 1.29 is 18.9 Å². The molecule has 0 fully saturated rings. The molecule has 1 amide bonds. The zero-order valence-corrected chi connectivity index (χ0v) is 13.6. The van der Waals surface area contributed by atoms with Crippen molar-refractivity contribution in [1.82, 2.24) is 5.43 Å². The van der Waals surface area contributed by atoms with Gasteiger partial charge in [-0.15, -0.1) is 0 Å². The molecular weight excluding hydrogens is 370 g/mol. The lowest BCUT2D eigenvalue weighted by Gasteiger charge is -2.07. The number of nitrogens with one attached hydrogen (secondary N) is 1. The number of carbonyl (C=O) groups is 1. The van der Waals surface area contributed by atoms with Crippen LogP contribution >= 0.6 is 15.9 Å². The molecule has 0 aliphatic carbocycles. The highest BCUT2D eigenvalue weighted by Crippen LogP contribution is 2.28. The molecule has 120 valence electrons. The van der Waals surface area contributed by atoms with Crippen LogP contribution in [0.2, 0.25) is 0 Å². The van der Waals surface area contributed by atoms with Gasteiger partial charge in [-0.25, -0.2) is 5.43 Å². The van der Waals surface area contributed by atoms with E-state index < -0.39 is 10.8 Å². The summed E-state index contributed by atoms with van der Waals surface area (Å²) >= 11 is 3.15. The van der Waals surface area contributed by atoms with Crippen LogP contribution in [-0.2, 0) is 4.79 Å². The van der Waals surface area contributed by atoms with Crippen LogP contribution in [0, 0.1) is 10.1 Å². The van der Waals surface area contributed by atoms with Crippen molar-refractivity contribution in [2.24, 2.45) is 5.10 Å². The average Bonchev–Trinajstić information content (AvgIpc) is 3.05. The summed E-state index contributed by atoms with van der Waals surface area (Å²) in [6, 6.07) is 7.43.